The van der Waals surface area contributed by atoms with Crippen molar-refractivity contribution in [3.8, 4) is 0 Å². The molecule has 2 heterocycles. The molecule has 6 heteroatoms. The van der Waals surface area contributed by atoms with E-state index in [0.29, 0.717) is 6.04 Å². The van der Waals surface area contributed by atoms with Gasteiger partial charge in [0.25, 0.3) is 0 Å². The second-order valence-electron chi connectivity index (χ2n) is 8.09. The summed E-state index contributed by atoms with van der Waals surface area (Å²) in [6.07, 6.45) is 9.64. The minimum Gasteiger partial charge on any atom is -0.355 e. The third-order valence-corrected chi connectivity index (χ3v) is 6.22. The molecule has 0 amide bonds. The average molecular weight is 463 g/mol. The summed E-state index contributed by atoms with van der Waals surface area (Å²) < 4.78 is 0. The molecule has 0 bridgehead atoms. The third kappa shape index (κ3) is 6.54. The van der Waals surface area contributed by atoms with Crippen LogP contribution in [0.4, 0.5) is 0 Å². The molecule has 3 rings (SSSR count). The van der Waals surface area contributed by atoms with Crippen molar-refractivity contribution >= 4 is 29.9 Å². The molecule has 0 aromatic carbocycles. The monoisotopic (exact) mass is 463 g/mol. The first kappa shape index (κ1) is 21.2. The predicted octanol–water partition coefficient (Wildman–Crippen LogP) is 2.52. The molecule has 2 aliphatic heterocycles. The highest BCUT2D eigenvalue weighted by molar-refractivity contribution is 14.0. The summed E-state index contributed by atoms with van der Waals surface area (Å²) in [5.41, 5.74) is 0. The Hall–Kier alpha value is -0.0800. The molecule has 5 nitrogen and oxygen atoms in total. The number of guanidine groups is 1. The van der Waals surface area contributed by atoms with Gasteiger partial charge in [0, 0.05) is 45.3 Å². The molecule has 1 atom stereocenters. The molecule has 1 aliphatic carbocycles. The fraction of sp³-hybridized carbons (Fsp3) is 0.947. The summed E-state index contributed by atoms with van der Waals surface area (Å²) in [5, 5.41) is 7.16. The first-order valence-electron chi connectivity index (χ1n) is 10.2. The van der Waals surface area contributed by atoms with Gasteiger partial charge < -0.3 is 15.5 Å². The normalized spacial score (nSPS) is 27.4. The lowest BCUT2D eigenvalue weighted by atomic mass is 9.99. The highest BCUT2D eigenvalue weighted by Gasteiger charge is 2.30. The molecule has 0 radical (unpaired) electrons. The Kier molecular flexibility index (Phi) is 9.27. The van der Waals surface area contributed by atoms with E-state index in [4.69, 9.17) is 0 Å². The molecule has 3 fully saturated rings. The number of hydrogen-bond acceptors (Lipinski definition) is 3. The van der Waals surface area contributed by atoms with Crippen LogP contribution in [0.1, 0.15) is 51.9 Å². The maximum Gasteiger partial charge on any atom is 0.191 e. The van der Waals surface area contributed by atoms with Crippen LogP contribution in [0.5, 0.6) is 0 Å². The van der Waals surface area contributed by atoms with E-state index in [1.165, 1.54) is 71.1 Å². The molecule has 0 aromatic rings. The molecule has 2 N–H and O–H groups in total. The Morgan fingerprint density at radius 2 is 1.76 bits per heavy atom. The van der Waals surface area contributed by atoms with Crippen molar-refractivity contribution in [2.45, 2.75) is 64.0 Å². The molecule has 3 aliphatic rings. The second kappa shape index (κ2) is 10.9. The van der Waals surface area contributed by atoms with Crippen LogP contribution >= 0.6 is 24.0 Å². The van der Waals surface area contributed by atoms with Crippen molar-refractivity contribution in [2.24, 2.45) is 10.9 Å². The molecule has 1 saturated carbocycles. The summed E-state index contributed by atoms with van der Waals surface area (Å²) in [6.45, 7) is 9.46. The van der Waals surface area contributed by atoms with E-state index in [1.807, 2.05) is 7.05 Å². The molecule has 0 spiro atoms. The highest BCUT2D eigenvalue weighted by atomic mass is 127. The van der Waals surface area contributed by atoms with Crippen molar-refractivity contribution in [1.82, 2.24) is 20.4 Å². The van der Waals surface area contributed by atoms with Gasteiger partial charge in [-0.15, -0.1) is 24.0 Å². The summed E-state index contributed by atoms with van der Waals surface area (Å²) >= 11 is 0. The van der Waals surface area contributed by atoms with Crippen LogP contribution in [0, 0.1) is 5.92 Å². The van der Waals surface area contributed by atoms with E-state index in [9.17, 15) is 0 Å². The van der Waals surface area contributed by atoms with Crippen LogP contribution in [0.15, 0.2) is 4.99 Å². The van der Waals surface area contributed by atoms with Gasteiger partial charge in [0.2, 0.25) is 0 Å². The largest absolute Gasteiger partial charge is 0.355 e. The molecule has 25 heavy (non-hydrogen) atoms. The Bertz CT molecular complexity index is 403. The van der Waals surface area contributed by atoms with E-state index in [0.717, 1.165) is 31.0 Å². The third-order valence-electron chi connectivity index (χ3n) is 6.22. The van der Waals surface area contributed by atoms with Gasteiger partial charge in [-0.3, -0.25) is 9.89 Å². The van der Waals surface area contributed by atoms with E-state index < -0.39 is 0 Å². The van der Waals surface area contributed by atoms with Crippen molar-refractivity contribution in [3.63, 3.8) is 0 Å². The van der Waals surface area contributed by atoms with Gasteiger partial charge in [0.15, 0.2) is 5.96 Å². The van der Waals surface area contributed by atoms with E-state index in [1.54, 1.807) is 0 Å². The standard InChI is InChI=1S/C19H37N5.HI/c1-16-7-11-23(12-8-16)14-10-21-19(20-2)22-17-9-13-24(15-17)18-5-3-4-6-18;/h16-18H,3-15H2,1-2H3,(H2,20,21,22);1H. The van der Waals surface area contributed by atoms with Gasteiger partial charge in [0.1, 0.15) is 0 Å². The second-order valence-corrected chi connectivity index (χ2v) is 8.09. The summed E-state index contributed by atoms with van der Waals surface area (Å²) in [7, 11) is 1.89. The fourth-order valence-corrected chi connectivity index (χ4v) is 4.51. The van der Waals surface area contributed by atoms with Gasteiger partial charge >= 0.3 is 0 Å². The topological polar surface area (TPSA) is 42.9 Å². The molecule has 146 valence electrons. The summed E-state index contributed by atoms with van der Waals surface area (Å²) in [4.78, 5) is 9.71. The number of rotatable bonds is 5. The van der Waals surface area contributed by atoms with Crippen LogP contribution in [0.25, 0.3) is 0 Å². The quantitative estimate of drug-likeness (QED) is 0.374. The zero-order valence-electron chi connectivity index (χ0n) is 16.2. The number of nitrogens with zero attached hydrogens (tertiary/aromatic N) is 3. The van der Waals surface area contributed by atoms with Crippen molar-refractivity contribution in [1.29, 1.82) is 0 Å². The van der Waals surface area contributed by atoms with Crippen LogP contribution in [0.2, 0.25) is 0 Å². The summed E-state index contributed by atoms with van der Waals surface area (Å²) in [6, 6.07) is 1.42. The first-order chi connectivity index (χ1) is 11.7. The summed E-state index contributed by atoms with van der Waals surface area (Å²) in [5.74, 6) is 1.90. The van der Waals surface area contributed by atoms with Crippen molar-refractivity contribution in [3.05, 3.63) is 0 Å². The average Bonchev–Trinajstić information content (AvgIpc) is 3.27. The Labute approximate surface area is 171 Å². The molecular formula is C19H38IN5. The predicted molar refractivity (Wildman–Crippen MR) is 117 cm³/mol. The number of piperidine rings is 1. The fourth-order valence-electron chi connectivity index (χ4n) is 4.51. The van der Waals surface area contributed by atoms with Crippen molar-refractivity contribution in [2.75, 3.05) is 46.3 Å². The Morgan fingerprint density at radius 3 is 2.44 bits per heavy atom. The zero-order valence-corrected chi connectivity index (χ0v) is 18.5. The maximum absolute atomic E-state index is 4.43. The Morgan fingerprint density at radius 1 is 1.04 bits per heavy atom. The molecule has 2 saturated heterocycles. The van der Waals surface area contributed by atoms with Gasteiger partial charge in [-0.1, -0.05) is 19.8 Å². The number of aliphatic imine (C=N–C) groups is 1. The highest BCUT2D eigenvalue weighted by Crippen LogP contribution is 2.26. The smallest absolute Gasteiger partial charge is 0.191 e. The van der Waals surface area contributed by atoms with Gasteiger partial charge in [-0.2, -0.15) is 0 Å². The lowest BCUT2D eigenvalue weighted by molar-refractivity contribution is 0.195. The SMILES string of the molecule is CN=C(NCCN1CCC(C)CC1)NC1CCN(C2CCCC2)C1.I. The van der Waals surface area contributed by atoms with Crippen LogP contribution in [-0.2, 0) is 0 Å². The van der Waals surface area contributed by atoms with E-state index in [-0.39, 0.29) is 24.0 Å². The molecule has 1 unspecified atom stereocenters. The lowest BCUT2D eigenvalue weighted by Crippen LogP contribution is -2.47. The lowest BCUT2D eigenvalue weighted by Gasteiger charge is -2.30. The van der Waals surface area contributed by atoms with Gasteiger partial charge in [-0.25, -0.2) is 0 Å². The number of halogens is 1. The zero-order chi connectivity index (χ0) is 16.8. The van der Waals surface area contributed by atoms with Crippen molar-refractivity contribution < 1.29 is 0 Å². The minimum atomic E-state index is 0. The maximum atomic E-state index is 4.43. The minimum absolute atomic E-state index is 0. The number of nitrogens with one attached hydrogen (secondary N) is 2. The van der Waals surface area contributed by atoms with Crippen LogP contribution in [-0.4, -0.2) is 74.2 Å². The Balaban J connectivity index is 0.00000225. The van der Waals surface area contributed by atoms with Crippen LogP contribution in [0.3, 0.4) is 0 Å². The first-order valence-corrected chi connectivity index (χ1v) is 10.2. The number of likely N-dealkylation sites (tertiary alicyclic amines) is 2. The van der Waals surface area contributed by atoms with E-state index in [2.05, 4.69) is 32.3 Å². The van der Waals surface area contributed by atoms with Crippen LogP contribution < -0.4 is 10.6 Å². The molecular weight excluding hydrogens is 425 g/mol. The molecule has 0 aromatic heterocycles. The van der Waals surface area contributed by atoms with Gasteiger partial charge in [-0.05, 0) is 51.1 Å². The van der Waals surface area contributed by atoms with E-state index >= 15 is 0 Å². The number of hydrogen-bond donors (Lipinski definition) is 2. The van der Waals surface area contributed by atoms with Gasteiger partial charge in [0.05, 0.1) is 0 Å².